The fraction of sp³-hybridized carbons (Fsp3) is 1.00. The zero-order valence-corrected chi connectivity index (χ0v) is 10.4. The van der Waals surface area contributed by atoms with E-state index in [0.29, 0.717) is 5.75 Å². The second-order valence-electron chi connectivity index (χ2n) is 4.04. The molecule has 0 atom stereocenters. The topological polar surface area (TPSA) is 49.4 Å². The number of nitrogens with one attached hydrogen (secondary N) is 1. The van der Waals surface area contributed by atoms with Crippen LogP contribution in [0.3, 0.4) is 0 Å². The summed E-state index contributed by atoms with van der Waals surface area (Å²) in [6.07, 6.45) is 1.94. The lowest BCUT2D eigenvalue weighted by Gasteiger charge is -2.18. The molecule has 1 N–H and O–H groups in total. The second-order valence-corrected chi connectivity index (χ2v) is 6.51. The van der Waals surface area contributed by atoms with Crippen LogP contribution in [0.25, 0.3) is 0 Å². The number of nitrogens with zero attached hydrogens (tertiary/aromatic N) is 1. The summed E-state index contributed by atoms with van der Waals surface area (Å²) in [5.41, 5.74) is 0. The van der Waals surface area contributed by atoms with Gasteiger partial charge >= 0.3 is 0 Å². The molecule has 0 aromatic heterocycles. The smallest absolute Gasteiger partial charge is 0.150 e. The molecule has 1 rings (SSSR count). The van der Waals surface area contributed by atoms with Crippen molar-refractivity contribution in [1.82, 2.24) is 10.2 Å². The third kappa shape index (κ3) is 5.49. The Labute approximate surface area is 93.0 Å². The zero-order chi connectivity index (χ0) is 11.1. The van der Waals surface area contributed by atoms with E-state index in [-0.39, 0.29) is 5.75 Å². The van der Waals surface area contributed by atoms with Gasteiger partial charge in [0.2, 0.25) is 0 Å². The van der Waals surface area contributed by atoms with E-state index in [2.05, 4.69) is 10.2 Å². The summed E-state index contributed by atoms with van der Waals surface area (Å²) in [5, 5.41) is 3.34. The molecule has 1 fully saturated rings. The predicted octanol–water partition coefficient (Wildman–Crippen LogP) is 0.107. The highest BCUT2D eigenvalue weighted by molar-refractivity contribution is 7.91. The van der Waals surface area contributed by atoms with Crippen LogP contribution < -0.4 is 5.32 Å². The molecule has 1 aliphatic rings. The first kappa shape index (κ1) is 12.9. The highest BCUT2D eigenvalue weighted by atomic mass is 32.2. The third-order valence-corrected chi connectivity index (χ3v) is 4.59. The molecule has 0 radical (unpaired) electrons. The van der Waals surface area contributed by atoms with Crippen molar-refractivity contribution in [1.29, 1.82) is 0 Å². The van der Waals surface area contributed by atoms with E-state index in [1.807, 2.05) is 0 Å². The van der Waals surface area contributed by atoms with E-state index < -0.39 is 9.84 Å². The molecule has 4 nitrogen and oxygen atoms in total. The maximum Gasteiger partial charge on any atom is 0.150 e. The standard InChI is InChI=1S/C10H22N2O2S/c1-2-15(13,14)10-4-8-12-7-3-5-11-6-9-12/h11H,2-10H2,1H3. The van der Waals surface area contributed by atoms with Gasteiger partial charge in [0.25, 0.3) is 0 Å². The Balaban J connectivity index is 2.18. The van der Waals surface area contributed by atoms with Gasteiger partial charge in [0.15, 0.2) is 0 Å². The summed E-state index contributed by atoms with van der Waals surface area (Å²) in [5.74, 6) is 0.613. The summed E-state index contributed by atoms with van der Waals surface area (Å²) < 4.78 is 22.6. The van der Waals surface area contributed by atoms with Crippen molar-refractivity contribution in [2.24, 2.45) is 0 Å². The van der Waals surface area contributed by atoms with Gasteiger partial charge in [0.1, 0.15) is 9.84 Å². The predicted molar refractivity (Wildman–Crippen MR) is 62.9 cm³/mol. The first-order valence-corrected chi connectivity index (χ1v) is 7.59. The molecule has 90 valence electrons. The summed E-state index contributed by atoms with van der Waals surface area (Å²) in [6, 6.07) is 0. The van der Waals surface area contributed by atoms with Crippen LogP contribution in [0.2, 0.25) is 0 Å². The van der Waals surface area contributed by atoms with Gasteiger partial charge in [-0.1, -0.05) is 6.92 Å². The van der Waals surface area contributed by atoms with Crippen LogP contribution in [-0.2, 0) is 9.84 Å². The normalized spacial score (nSPS) is 20.1. The van der Waals surface area contributed by atoms with Crippen LogP contribution in [0.1, 0.15) is 19.8 Å². The molecule has 0 aliphatic carbocycles. The van der Waals surface area contributed by atoms with Gasteiger partial charge in [0, 0.05) is 18.8 Å². The molecular weight excluding hydrogens is 212 g/mol. The molecule has 0 amide bonds. The Kier molecular flexibility index (Phi) is 5.56. The van der Waals surface area contributed by atoms with Crippen molar-refractivity contribution < 1.29 is 8.42 Å². The molecule has 0 saturated carbocycles. The molecular formula is C10H22N2O2S. The molecule has 1 aliphatic heterocycles. The van der Waals surface area contributed by atoms with Crippen LogP contribution >= 0.6 is 0 Å². The van der Waals surface area contributed by atoms with Gasteiger partial charge in [-0.05, 0) is 32.5 Å². The fourth-order valence-electron chi connectivity index (χ4n) is 1.78. The van der Waals surface area contributed by atoms with Crippen LogP contribution in [0.5, 0.6) is 0 Å². The van der Waals surface area contributed by atoms with E-state index in [1.54, 1.807) is 6.92 Å². The van der Waals surface area contributed by atoms with Crippen molar-refractivity contribution in [3.05, 3.63) is 0 Å². The van der Waals surface area contributed by atoms with E-state index in [1.165, 1.54) is 6.42 Å². The maximum absolute atomic E-state index is 11.3. The first-order valence-electron chi connectivity index (χ1n) is 5.77. The van der Waals surface area contributed by atoms with E-state index >= 15 is 0 Å². The molecule has 1 heterocycles. The minimum atomic E-state index is -2.77. The Morgan fingerprint density at radius 2 is 2.07 bits per heavy atom. The second kappa shape index (κ2) is 6.45. The summed E-state index contributed by atoms with van der Waals surface area (Å²) in [7, 11) is -2.77. The van der Waals surface area contributed by atoms with Gasteiger partial charge < -0.3 is 10.2 Å². The Morgan fingerprint density at radius 3 is 2.80 bits per heavy atom. The first-order chi connectivity index (χ1) is 7.14. The lowest BCUT2D eigenvalue weighted by molar-refractivity contribution is 0.293. The third-order valence-electron chi connectivity index (χ3n) is 2.80. The van der Waals surface area contributed by atoms with Crippen molar-refractivity contribution in [3.8, 4) is 0 Å². The Morgan fingerprint density at radius 1 is 1.27 bits per heavy atom. The quantitative estimate of drug-likeness (QED) is 0.733. The van der Waals surface area contributed by atoms with Crippen molar-refractivity contribution in [2.75, 3.05) is 44.2 Å². The molecule has 0 unspecified atom stereocenters. The average Bonchev–Trinajstić information content (AvgIpc) is 2.46. The minimum absolute atomic E-state index is 0.272. The van der Waals surface area contributed by atoms with Crippen molar-refractivity contribution in [3.63, 3.8) is 0 Å². The largest absolute Gasteiger partial charge is 0.315 e. The fourth-order valence-corrected chi connectivity index (χ4v) is 2.64. The minimum Gasteiger partial charge on any atom is -0.315 e. The number of hydrogen-bond donors (Lipinski definition) is 1. The highest BCUT2D eigenvalue weighted by Crippen LogP contribution is 1.99. The van der Waals surface area contributed by atoms with Crippen molar-refractivity contribution in [2.45, 2.75) is 19.8 Å². The molecule has 15 heavy (non-hydrogen) atoms. The lowest BCUT2D eigenvalue weighted by atomic mass is 10.3. The highest BCUT2D eigenvalue weighted by Gasteiger charge is 2.11. The monoisotopic (exact) mass is 234 g/mol. The molecule has 0 aromatic carbocycles. The van der Waals surface area contributed by atoms with Crippen molar-refractivity contribution >= 4 is 9.84 Å². The molecule has 0 spiro atoms. The molecule has 0 aromatic rings. The van der Waals surface area contributed by atoms with E-state index in [4.69, 9.17) is 0 Å². The van der Waals surface area contributed by atoms with Crippen LogP contribution in [-0.4, -0.2) is 57.5 Å². The molecule has 0 bridgehead atoms. The number of rotatable bonds is 5. The van der Waals surface area contributed by atoms with Gasteiger partial charge in [-0.2, -0.15) is 0 Å². The Bertz CT molecular complexity index is 257. The SMILES string of the molecule is CCS(=O)(=O)CCCN1CCCNCC1. The lowest BCUT2D eigenvalue weighted by Crippen LogP contribution is -2.30. The van der Waals surface area contributed by atoms with Gasteiger partial charge in [-0.15, -0.1) is 0 Å². The Hall–Kier alpha value is -0.130. The summed E-state index contributed by atoms with van der Waals surface area (Å²) in [4.78, 5) is 2.35. The number of sulfone groups is 1. The van der Waals surface area contributed by atoms with Gasteiger partial charge in [-0.3, -0.25) is 0 Å². The van der Waals surface area contributed by atoms with Crippen LogP contribution in [0.15, 0.2) is 0 Å². The molecule has 5 heteroatoms. The molecule has 1 saturated heterocycles. The zero-order valence-electron chi connectivity index (χ0n) is 9.54. The van der Waals surface area contributed by atoms with Crippen LogP contribution in [0, 0.1) is 0 Å². The number of hydrogen-bond acceptors (Lipinski definition) is 4. The average molecular weight is 234 g/mol. The van der Waals surface area contributed by atoms with Gasteiger partial charge in [0.05, 0.1) is 5.75 Å². The van der Waals surface area contributed by atoms with E-state index in [0.717, 1.165) is 39.1 Å². The van der Waals surface area contributed by atoms with Gasteiger partial charge in [-0.25, -0.2) is 8.42 Å². The van der Waals surface area contributed by atoms with Crippen LogP contribution in [0.4, 0.5) is 0 Å². The summed E-state index contributed by atoms with van der Waals surface area (Å²) in [6.45, 7) is 6.89. The maximum atomic E-state index is 11.3. The summed E-state index contributed by atoms with van der Waals surface area (Å²) >= 11 is 0. The van der Waals surface area contributed by atoms with E-state index in [9.17, 15) is 8.42 Å².